The van der Waals surface area contributed by atoms with E-state index in [2.05, 4.69) is 17.3 Å². The van der Waals surface area contributed by atoms with Gasteiger partial charge in [0.1, 0.15) is 6.61 Å². The van der Waals surface area contributed by atoms with E-state index < -0.39 is 0 Å². The molecule has 2 aromatic carbocycles. The zero-order chi connectivity index (χ0) is 23.6. The second-order valence-corrected chi connectivity index (χ2v) is 10.2. The summed E-state index contributed by atoms with van der Waals surface area (Å²) in [4.78, 5) is 26.1. The largest absolute Gasteiger partial charge is 0.493 e. The van der Waals surface area contributed by atoms with E-state index >= 15 is 0 Å². The molecule has 2 bridgehead atoms. The van der Waals surface area contributed by atoms with Crippen molar-refractivity contribution in [1.82, 2.24) is 5.01 Å². The van der Waals surface area contributed by atoms with Crippen LogP contribution in [0.3, 0.4) is 0 Å². The van der Waals surface area contributed by atoms with Crippen molar-refractivity contribution in [2.24, 2.45) is 40.6 Å². The molecule has 174 valence electrons. The fourth-order valence-electron chi connectivity index (χ4n) is 5.86. The number of methoxy groups -OCH3 is 1. The van der Waals surface area contributed by atoms with E-state index in [0.717, 1.165) is 17.0 Å². The average Bonchev–Trinajstić information content (AvgIpc) is 3.62. The number of imide groups is 1. The summed E-state index contributed by atoms with van der Waals surface area (Å²) in [5.74, 6) is 1.67. The van der Waals surface area contributed by atoms with Gasteiger partial charge in [-0.15, -0.1) is 0 Å². The number of nitrogens with zero attached hydrogens (tertiary/aromatic N) is 2. The minimum Gasteiger partial charge on any atom is -0.493 e. The number of benzene rings is 2. The van der Waals surface area contributed by atoms with Crippen LogP contribution in [0.1, 0.15) is 17.5 Å². The van der Waals surface area contributed by atoms with Gasteiger partial charge in [-0.2, -0.15) is 10.1 Å². The molecule has 1 saturated heterocycles. The third kappa shape index (κ3) is 3.43. The van der Waals surface area contributed by atoms with Gasteiger partial charge in [-0.1, -0.05) is 41.4 Å². The monoisotopic (exact) mass is 496 g/mol. The molecule has 0 unspecified atom stereocenters. The van der Waals surface area contributed by atoms with Gasteiger partial charge in [0.05, 0.1) is 25.2 Å². The van der Waals surface area contributed by atoms with Gasteiger partial charge in [0.2, 0.25) is 0 Å². The Morgan fingerprint density at radius 3 is 2.35 bits per heavy atom. The molecule has 2 amide bonds. The Hall–Kier alpha value is -2.83. The lowest BCUT2D eigenvalue weighted by Crippen LogP contribution is -2.40. The van der Waals surface area contributed by atoms with E-state index in [1.54, 1.807) is 37.4 Å². The lowest BCUT2D eigenvalue weighted by atomic mass is 9.63. The summed E-state index contributed by atoms with van der Waals surface area (Å²) >= 11 is 12.2. The number of ether oxygens (including phenoxy) is 2. The molecule has 6 nitrogen and oxygen atoms in total. The highest BCUT2D eigenvalue weighted by molar-refractivity contribution is 6.35. The van der Waals surface area contributed by atoms with Crippen LogP contribution < -0.4 is 9.47 Å². The van der Waals surface area contributed by atoms with Gasteiger partial charge in [0.25, 0.3) is 11.8 Å². The van der Waals surface area contributed by atoms with Crippen LogP contribution in [-0.2, 0) is 16.2 Å². The summed E-state index contributed by atoms with van der Waals surface area (Å²) in [6, 6.07) is 10.5. The molecule has 0 radical (unpaired) electrons. The topological polar surface area (TPSA) is 68.2 Å². The third-order valence-electron chi connectivity index (χ3n) is 7.55. The number of hydrogen-bond acceptors (Lipinski definition) is 5. The molecule has 8 heteroatoms. The van der Waals surface area contributed by atoms with Crippen LogP contribution in [-0.4, -0.2) is 30.1 Å². The van der Waals surface area contributed by atoms with Crippen LogP contribution in [0.4, 0.5) is 0 Å². The molecule has 3 fully saturated rings. The minimum atomic E-state index is -0.256. The van der Waals surface area contributed by atoms with E-state index in [0.29, 0.717) is 38.9 Å². The van der Waals surface area contributed by atoms with Crippen molar-refractivity contribution in [2.75, 3.05) is 7.11 Å². The molecule has 1 heterocycles. The first kappa shape index (κ1) is 21.7. The van der Waals surface area contributed by atoms with Crippen molar-refractivity contribution in [2.45, 2.75) is 13.0 Å². The lowest BCUT2D eigenvalue weighted by Gasteiger charge is -2.37. The number of carbonyl (C=O) groups excluding carboxylic acids is 2. The summed E-state index contributed by atoms with van der Waals surface area (Å²) in [6.45, 7) is 0.248. The van der Waals surface area contributed by atoms with Crippen LogP contribution in [0.15, 0.2) is 53.7 Å². The normalized spacial score (nSPS) is 30.6. The second kappa shape index (κ2) is 8.14. The van der Waals surface area contributed by atoms with E-state index in [-0.39, 0.29) is 42.1 Å². The molecule has 5 aliphatic rings. The second-order valence-electron chi connectivity index (χ2n) is 9.32. The first-order chi connectivity index (χ1) is 16.5. The summed E-state index contributed by atoms with van der Waals surface area (Å²) in [6.07, 6.45) is 6.96. The van der Waals surface area contributed by atoms with E-state index in [4.69, 9.17) is 32.7 Å². The summed E-state index contributed by atoms with van der Waals surface area (Å²) in [5.41, 5.74) is 1.49. The van der Waals surface area contributed by atoms with Crippen molar-refractivity contribution in [3.05, 3.63) is 69.7 Å². The SMILES string of the molecule is COc1cc(C=NN2C(=O)[C@@H]3[C@H]4C=C[C@@H]([C@@H]5C[C@@H]45)[C@@H]3C2=O)ccc1OCc1ccc(Cl)cc1Cl. The van der Waals surface area contributed by atoms with Crippen LogP contribution in [0, 0.1) is 35.5 Å². The van der Waals surface area contributed by atoms with Crippen molar-refractivity contribution in [1.29, 1.82) is 0 Å². The number of hydrazone groups is 1. The Morgan fingerprint density at radius 2 is 1.71 bits per heavy atom. The summed E-state index contributed by atoms with van der Waals surface area (Å²) < 4.78 is 11.4. The predicted octanol–water partition coefficient (Wildman–Crippen LogP) is 4.97. The smallest absolute Gasteiger partial charge is 0.254 e. The van der Waals surface area contributed by atoms with Crippen LogP contribution in [0.2, 0.25) is 10.0 Å². The average molecular weight is 497 g/mol. The van der Waals surface area contributed by atoms with Crippen molar-refractivity contribution in [3.8, 4) is 11.5 Å². The van der Waals surface area contributed by atoms with Gasteiger partial charge < -0.3 is 9.47 Å². The molecular formula is C26H22Cl2N2O4. The number of allylic oxidation sites excluding steroid dienone is 2. The molecule has 6 atom stereocenters. The third-order valence-corrected chi connectivity index (χ3v) is 8.13. The van der Waals surface area contributed by atoms with Gasteiger partial charge in [-0.05, 0) is 66.0 Å². The quantitative estimate of drug-likeness (QED) is 0.321. The molecule has 7 rings (SSSR count). The van der Waals surface area contributed by atoms with Crippen LogP contribution in [0.25, 0.3) is 0 Å². The van der Waals surface area contributed by atoms with Gasteiger partial charge >= 0.3 is 0 Å². The Labute approximate surface area is 207 Å². The standard InChI is InChI=1S/C26H22Cl2N2O4/c1-33-22-8-13(2-7-21(22)34-12-14-3-4-15(27)9-20(14)28)11-29-30-25(31)23-16-5-6-17(19-10-18(16)19)24(23)26(30)32/h2-9,11,16-19,23-24H,10,12H2,1H3/t16-,17-,18-,19-,23-,24+/m0/s1. The highest BCUT2D eigenvalue weighted by Gasteiger charge is 2.67. The van der Waals surface area contributed by atoms with Gasteiger partial charge in [-0.25, -0.2) is 0 Å². The van der Waals surface area contributed by atoms with Crippen LogP contribution in [0.5, 0.6) is 11.5 Å². The Bertz CT molecular complexity index is 1220. The van der Waals surface area contributed by atoms with Crippen molar-refractivity contribution >= 4 is 41.2 Å². The Balaban J connectivity index is 1.17. The fraction of sp³-hybridized carbons (Fsp3) is 0.346. The first-order valence-electron chi connectivity index (χ1n) is 11.3. The number of amides is 2. The Morgan fingerprint density at radius 1 is 1.00 bits per heavy atom. The molecule has 4 aliphatic carbocycles. The first-order valence-corrected chi connectivity index (χ1v) is 12.1. The zero-order valence-corrected chi connectivity index (χ0v) is 19.9. The summed E-state index contributed by atoms with van der Waals surface area (Å²) in [5, 5.41) is 6.45. The van der Waals surface area contributed by atoms with Gasteiger partial charge in [-0.3, -0.25) is 9.59 Å². The maximum Gasteiger partial charge on any atom is 0.254 e. The Kier molecular flexibility index (Phi) is 5.19. The van der Waals surface area contributed by atoms with Crippen LogP contribution >= 0.6 is 23.2 Å². The molecule has 34 heavy (non-hydrogen) atoms. The fourth-order valence-corrected chi connectivity index (χ4v) is 6.32. The zero-order valence-electron chi connectivity index (χ0n) is 18.4. The van der Waals surface area contributed by atoms with E-state index in [1.807, 2.05) is 6.07 Å². The highest BCUT2D eigenvalue weighted by Crippen LogP contribution is 2.65. The minimum absolute atomic E-state index is 0.178. The predicted molar refractivity (Wildman–Crippen MR) is 128 cm³/mol. The molecular weight excluding hydrogens is 475 g/mol. The molecule has 0 N–H and O–H groups in total. The van der Waals surface area contributed by atoms with E-state index in [1.165, 1.54) is 6.21 Å². The molecule has 2 aromatic rings. The molecule has 2 saturated carbocycles. The van der Waals surface area contributed by atoms with Gasteiger partial charge in [0, 0.05) is 15.6 Å². The number of rotatable bonds is 6. The number of carbonyl (C=O) groups is 2. The molecule has 0 spiro atoms. The molecule has 1 aliphatic heterocycles. The maximum absolute atomic E-state index is 13.1. The molecule has 0 aromatic heterocycles. The highest BCUT2D eigenvalue weighted by atomic mass is 35.5. The lowest BCUT2D eigenvalue weighted by molar-refractivity contribution is -0.140. The number of hydrogen-bond donors (Lipinski definition) is 0. The van der Waals surface area contributed by atoms with Crippen molar-refractivity contribution in [3.63, 3.8) is 0 Å². The van der Waals surface area contributed by atoms with Crippen molar-refractivity contribution < 1.29 is 19.1 Å². The maximum atomic E-state index is 13.1. The van der Waals surface area contributed by atoms with Gasteiger partial charge in [0.15, 0.2) is 11.5 Å². The number of halogens is 2. The van der Waals surface area contributed by atoms with E-state index in [9.17, 15) is 9.59 Å². The summed E-state index contributed by atoms with van der Waals surface area (Å²) in [7, 11) is 1.55.